The van der Waals surface area contributed by atoms with Gasteiger partial charge in [0.25, 0.3) is 0 Å². The second-order valence-corrected chi connectivity index (χ2v) is 5.51. The van der Waals surface area contributed by atoms with Crippen LogP contribution in [0.3, 0.4) is 0 Å². The van der Waals surface area contributed by atoms with Crippen molar-refractivity contribution in [3.8, 4) is 5.75 Å². The van der Waals surface area contributed by atoms with Crippen LogP contribution < -0.4 is 15.0 Å². The highest BCUT2D eigenvalue weighted by Gasteiger charge is 2.26. The van der Waals surface area contributed by atoms with Crippen LogP contribution in [-0.2, 0) is 9.59 Å². The van der Waals surface area contributed by atoms with Crippen LogP contribution in [0.25, 0.3) is 0 Å². The molecule has 0 bridgehead atoms. The predicted molar refractivity (Wildman–Crippen MR) is 92.4 cm³/mol. The van der Waals surface area contributed by atoms with Crippen LogP contribution in [0.2, 0.25) is 0 Å². The Kier molecular flexibility index (Phi) is 5.08. The highest BCUT2D eigenvalue weighted by molar-refractivity contribution is 6.39. The third-order valence-electron chi connectivity index (χ3n) is 3.94. The number of benzene rings is 1. The van der Waals surface area contributed by atoms with Gasteiger partial charge in [-0.15, -0.1) is 0 Å². The molecule has 2 heterocycles. The molecule has 1 aliphatic rings. The molecule has 1 saturated heterocycles. The van der Waals surface area contributed by atoms with Crippen molar-refractivity contribution < 1.29 is 14.3 Å². The molecule has 130 valence electrons. The van der Waals surface area contributed by atoms with Crippen molar-refractivity contribution in [3.05, 3.63) is 42.7 Å². The number of piperazine rings is 1. The Morgan fingerprint density at radius 2 is 1.68 bits per heavy atom. The Labute approximate surface area is 145 Å². The molecule has 1 aromatic carbocycles. The Balaban J connectivity index is 1.53. The van der Waals surface area contributed by atoms with Crippen molar-refractivity contribution in [2.45, 2.75) is 0 Å². The maximum Gasteiger partial charge on any atom is 0.313 e. The van der Waals surface area contributed by atoms with Gasteiger partial charge in [0, 0.05) is 44.3 Å². The summed E-state index contributed by atoms with van der Waals surface area (Å²) in [5, 5.41) is 2.61. The van der Waals surface area contributed by atoms with E-state index in [1.54, 1.807) is 49.8 Å². The number of carbonyl (C=O) groups excluding carboxylic acids is 2. The van der Waals surface area contributed by atoms with Gasteiger partial charge in [0.05, 0.1) is 7.11 Å². The highest BCUT2D eigenvalue weighted by atomic mass is 16.5. The van der Waals surface area contributed by atoms with Crippen LogP contribution in [0, 0.1) is 0 Å². The minimum atomic E-state index is -0.644. The van der Waals surface area contributed by atoms with Gasteiger partial charge < -0.3 is 19.9 Å². The van der Waals surface area contributed by atoms with Gasteiger partial charge in [0.1, 0.15) is 5.75 Å². The monoisotopic (exact) mass is 341 g/mol. The summed E-state index contributed by atoms with van der Waals surface area (Å²) >= 11 is 0. The van der Waals surface area contributed by atoms with Crippen molar-refractivity contribution >= 4 is 23.5 Å². The van der Waals surface area contributed by atoms with Crippen LogP contribution in [-0.4, -0.2) is 60.0 Å². The molecule has 2 amide bonds. The molecule has 0 radical (unpaired) electrons. The average molecular weight is 341 g/mol. The van der Waals surface area contributed by atoms with E-state index in [1.807, 2.05) is 4.90 Å². The number of amides is 2. The molecule has 8 heteroatoms. The Morgan fingerprint density at radius 3 is 2.28 bits per heavy atom. The summed E-state index contributed by atoms with van der Waals surface area (Å²) in [5.41, 5.74) is 0.551. The minimum Gasteiger partial charge on any atom is -0.497 e. The molecule has 0 saturated carbocycles. The summed E-state index contributed by atoms with van der Waals surface area (Å²) < 4.78 is 5.06. The van der Waals surface area contributed by atoms with E-state index in [0.29, 0.717) is 43.6 Å². The molecule has 1 aliphatic heterocycles. The number of aromatic nitrogens is 2. The van der Waals surface area contributed by atoms with E-state index in [0.717, 1.165) is 0 Å². The lowest BCUT2D eigenvalue weighted by Gasteiger charge is -2.34. The largest absolute Gasteiger partial charge is 0.497 e. The van der Waals surface area contributed by atoms with Crippen molar-refractivity contribution in [2.75, 3.05) is 43.5 Å². The van der Waals surface area contributed by atoms with E-state index >= 15 is 0 Å². The van der Waals surface area contributed by atoms with E-state index in [2.05, 4.69) is 15.3 Å². The fourth-order valence-corrected chi connectivity index (χ4v) is 2.57. The van der Waals surface area contributed by atoms with Crippen LogP contribution in [0.15, 0.2) is 42.7 Å². The van der Waals surface area contributed by atoms with Crippen molar-refractivity contribution in [2.24, 2.45) is 0 Å². The molecule has 0 atom stereocenters. The third kappa shape index (κ3) is 4.03. The maximum atomic E-state index is 12.3. The van der Waals surface area contributed by atoms with E-state index in [4.69, 9.17) is 4.74 Å². The Morgan fingerprint density at radius 1 is 1.04 bits per heavy atom. The summed E-state index contributed by atoms with van der Waals surface area (Å²) in [6.07, 6.45) is 3.37. The lowest BCUT2D eigenvalue weighted by molar-refractivity contribution is -0.143. The lowest BCUT2D eigenvalue weighted by Crippen LogP contribution is -2.52. The molecule has 8 nitrogen and oxygen atoms in total. The molecule has 0 aliphatic carbocycles. The molecule has 2 aromatic rings. The fraction of sp³-hybridized carbons (Fsp3) is 0.294. The van der Waals surface area contributed by atoms with Crippen molar-refractivity contribution in [1.29, 1.82) is 0 Å². The SMILES string of the molecule is COc1ccc(NC(=O)C(=O)N2CCN(c3ncccn3)CC2)cc1. The second-order valence-electron chi connectivity index (χ2n) is 5.51. The summed E-state index contributed by atoms with van der Waals surface area (Å²) in [6.45, 7) is 2.08. The molecule has 1 fully saturated rings. The summed E-state index contributed by atoms with van der Waals surface area (Å²) in [4.78, 5) is 36.4. The van der Waals surface area contributed by atoms with Crippen molar-refractivity contribution in [1.82, 2.24) is 14.9 Å². The van der Waals surface area contributed by atoms with Crippen LogP contribution in [0.5, 0.6) is 5.75 Å². The zero-order chi connectivity index (χ0) is 17.6. The van der Waals surface area contributed by atoms with Gasteiger partial charge in [-0.3, -0.25) is 9.59 Å². The molecule has 1 aromatic heterocycles. The van der Waals surface area contributed by atoms with Crippen LogP contribution in [0.1, 0.15) is 0 Å². The molecular formula is C17H19N5O3. The molecule has 3 rings (SSSR count). The van der Waals surface area contributed by atoms with Gasteiger partial charge in [-0.05, 0) is 30.3 Å². The standard InChI is InChI=1S/C17H19N5O3/c1-25-14-5-3-13(4-6-14)20-15(23)16(24)21-9-11-22(12-10-21)17-18-7-2-8-19-17/h2-8H,9-12H2,1H3,(H,20,23). The number of methoxy groups -OCH3 is 1. The Hall–Kier alpha value is -3.16. The zero-order valence-electron chi connectivity index (χ0n) is 13.9. The number of hydrogen-bond acceptors (Lipinski definition) is 6. The van der Waals surface area contributed by atoms with Gasteiger partial charge >= 0.3 is 11.8 Å². The first-order valence-corrected chi connectivity index (χ1v) is 7.93. The van der Waals surface area contributed by atoms with E-state index in [-0.39, 0.29) is 0 Å². The number of nitrogens with one attached hydrogen (secondary N) is 1. The van der Waals surface area contributed by atoms with Gasteiger partial charge in [0.15, 0.2) is 0 Å². The number of ether oxygens (including phenoxy) is 1. The minimum absolute atomic E-state index is 0.452. The number of rotatable bonds is 3. The van der Waals surface area contributed by atoms with Crippen LogP contribution in [0.4, 0.5) is 11.6 Å². The first-order valence-electron chi connectivity index (χ1n) is 7.93. The summed E-state index contributed by atoms with van der Waals surface area (Å²) in [6, 6.07) is 8.58. The topological polar surface area (TPSA) is 87.7 Å². The third-order valence-corrected chi connectivity index (χ3v) is 3.94. The van der Waals surface area contributed by atoms with E-state index in [9.17, 15) is 9.59 Å². The lowest BCUT2D eigenvalue weighted by atomic mass is 10.3. The first-order chi connectivity index (χ1) is 12.2. The molecule has 0 spiro atoms. The average Bonchev–Trinajstić information content (AvgIpc) is 2.69. The quantitative estimate of drug-likeness (QED) is 0.830. The van der Waals surface area contributed by atoms with Crippen molar-refractivity contribution in [3.63, 3.8) is 0 Å². The van der Waals surface area contributed by atoms with E-state index in [1.165, 1.54) is 4.90 Å². The van der Waals surface area contributed by atoms with Gasteiger partial charge in [-0.25, -0.2) is 9.97 Å². The van der Waals surface area contributed by atoms with Gasteiger partial charge in [-0.2, -0.15) is 0 Å². The normalized spacial score (nSPS) is 14.1. The summed E-state index contributed by atoms with van der Waals surface area (Å²) in [5.74, 6) is 0.139. The predicted octanol–water partition coefficient (Wildman–Crippen LogP) is 0.772. The maximum absolute atomic E-state index is 12.3. The number of anilines is 2. The smallest absolute Gasteiger partial charge is 0.313 e. The summed E-state index contributed by atoms with van der Waals surface area (Å²) in [7, 11) is 1.57. The van der Waals surface area contributed by atoms with Gasteiger partial charge in [0.2, 0.25) is 5.95 Å². The van der Waals surface area contributed by atoms with Crippen LogP contribution >= 0.6 is 0 Å². The molecule has 0 unspecified atom stereocenters. The molecule has 1 N–H and O–H groups in total. The number of hydrogen-bond donors (Lipinski definition) is 1. The Bertz CT molecular complexity index is 728. The number of carbonyl (C=O) groups is 2. The second kappa shape index (κ2) is 7.61. The highest BCUT2D eigenvalue weighted by Crippen LogP contribution is 2.15. The van der Waals surface area contributed by atoms with E-state index < -0.39 is 11.8 Å². The van der Waals surface area contributed by atoms with Gasteiger partial charge in [-0.1, -0.05) is 0 Å². The molecular weight excluding hydrogens is 322 g/mol. The molecule has 25 heavy (non-hydrogen) atoms. The fourth-order valence-electron chi connectivity index (χ4n) is 2.57. The first kappa shape index (κ1) is 16.7. The number of nitrogens with zero attached hydrogens (tertiary/aromatic N) is 4. The zero-order valence-corrected chi connectivity index (χ0v) is 13.9.